The van der Waals surface area contributed by atoms with Crippen LogP contribution < -0.4 is 0 Å². The van der Waals surface area contributed by atoms with E-state index in [2.05, 4.69) is 0 Å². The monoisotopic (exact) mass is 142 g/mol. The van der Waals surface area contributed by atoms with E-state index in [-0.39, 0.29) is 17.5 Å². The first kappa shape index (κ1) is 9.14. The van der Waals surface area contributed by atoms with Crippen LogP contribution in [-0.4, -0.2) is 30.6 Å². The molecule has 0 aliphatic heterocycles. The molecule has 0 heterocycles. The first-order valence-electron chi connectivity index (χ1n) is 3.27. The molecule has 0 atom stereocenters. The minimum atomic E-state index is -0.199. The molecule has 1 N–H and O–H groups in total. The third-order valence-corrected chi connectivity index (χ3v) is 1.21. The van der Waals surface area contributed by atoms with Crippen molar-refractivity contribution >= 4 is 11.6 Å². The fourth-order valence-electron chi connectivity index (χ4n) is 0.488. The van der Waals surface area contributed by atoms with Crippen LogP contribution in [0.2, 0.25) is 0 Å². The van der Waals surface area contributed by atoms with Gasteiger partial charge in [-0.3, -0.25) is 10.2 Å². The molecule has 1 amide bonds. The number of nitrogens with one attached hydrogen (secondary N) is 1. The second-order valence-electron chi connectivity index (χ2n) is 2.77. The Morgan fingerprint density at radius 2 is 1.80 bits per heavy atom. The summed E-state index contributed by atoms with van der Waals surface area (Å²) in [6.07, 6.45) is 0. The van der Waals surface area contributed by atoms with Crippen LogP contribution in [-0.2, 0) is 4.79 Å². The Balaban J connectivity index is 4.10. The molecule has 0 aromatic carbocycles. The zero-order valence-corrected chi connectivity index (χ0v) is 6.93. The molecule has 58 valence electrons. The number of hydrogen-bond donors (Lipinski definition) is 1. The molecule has 0 saturated heterocycles. The lowest BCUT2D eigenvalue weighted by Crippen LogP contribution is -2.32. The van der Waals surface area contributed by atoms with Crippen molar-refractivity contribution in [3.63, 3.8) is 0 Å². The Kier molecular flexibility index (Phi) is 3.06. The molecule has 0 aromatic heterocycles. The SMILES string of the molecule is CC(C)C(=N)C(=O)N(C)C. The van der Waals surface area contributed by atoms with Crippen molar-refractivity contribution in [2.75, 3.05) is 14.1 Å². The first-order chi connectivity index (χ1) is 4.46. The second kappa shape index (κ2) is 3.34. The normalized spacial score (nSPS) is 9.70. The van der Waals surface area contributed by atoms with Crippen LogP contribution >= 0.6 is 0 Å². The lowest BCUT2D eigenvalue weighted by atomic mass is 10.1. The quantitative estimate of drug-likeness (QED) is 0.568. The Hall–Kier alpha value is -0.860. The molecule has 0 saturated carbocycles. The summed E-state index contributed by atoms with van der Waals surface area (Å²) in [5.74, 6) is -0.176. The van der Waals surface area contributed by atoms with Gasteiger partial charge in [-0.25, -0.2) is 0 Å². The molecule has 3 nitrogen and oxygen atoms in total. The Morgan fingerprint density at radius 3 is 1.90 bits per heavy atom. The molecule has 0 bridgehead atoms. The van der Waals surface area contributed by atoms with Crippen LogP contribution in [0.1, 0.15) is 13.8 Å². The third kappa shape index (κ3) is 2.17. The zero-order valence-electron chi connectivity index (χ0n) is 6.93. The summed E-state index contributed by atoms with van der Waals surface area (Å²) in [6.45, 7) is 3.67. The highest BCUT2D eigenvalue weighted by atomic mass is 16.2. The summed E-state index contributed by atoms with van der Waals surface area (Å²) in [7, 11) is 3.30. The number of rotatable bonds is 2. The van der Waals surface area contributed by atoms with Gasteiger partial charge in [0.05, 0.1) is 5.71 Å². The molecule has 0 aromatic rings. The van der Waals surface area contributed by atoms with Gasteiger partial charge in [-0.2, -0.15) is 0 Å². The lowest BCUT2D eigenvalue weighted by Gasteiger charge is -2.12. The van der Waals surface area contributed by atoms with Gasteiger partial charge in [-0.15, -0.1) is 0 Å². The van der Waals surface area contributed by atoms with Gasteiger partial charge in [0.1, 0.15) is 0 Å². The summed E-state index contributed by atoms with van der Waals surface area (Å²) >= 11 is 0. The maximum Gasteiger partial charge on any atom is 0.267 e. The molecule has 0 unspecified atom stereocenters. The summed E-state index contributed by atoms with van der Waals surface area (Å²) < 4.78 is 0. The molecule has 0 aliphatic rings. The fourth-order valence-corrected chi connectivity index (χ4v) is 0.488. The van der Waals surface area contributed by atoms with Gasteiger partial charge < -0.3 is 4.90 Å². The van der Waals surface area contributed by atoms with Crippen LogP contribution in [0.15, 0.2) is 0 Å². The van der Waals surface area contributed by atoms with Crippen molar-refractivity contribution in [2.24, 2.45) is 5.92 Å². The van der Waals surface area contributed by atoms with E-state index in [1.165, 1.54) is 4.90 Å². The van der Waals surface area contributed by atoms with E-state index in [1.807, 2.05) is 13.8 Å². The number of nitrogens with zero attached hydrogens (tertiary/aromatic N) is 1. The molecule has 0 fully saturated rings. The smallest absolute Gasteiger partial charge is 0.267 e. The molecule has 0 spiro atoms. The van der Waals surface area contributed by atoms with E-state index < -0.39 is 0 Å². The average molecular weight is 142 g/mol. The van der Waals surface area contributed by atoms with E-state index in [0.717, 1.165) is 0 Å². The number of hydrogen-bond acceptors (Lipinski definition) is 2. The molecular formula is C7H14N2O. The summed E-state index contributed by atoms with van der Waals surface area (Å²) in [4.78, 5) is 12.4. The van der Waals surface area contributed by atoms with E-state index >= 15 is 0 Å². The molecular weight excluding hydrogens is 128 g/mol. The molecule has 0 aliphatic carbocycles. The molecule has 3 heteroatoms. The van der Waals surface area contributed by atoms with Crippen LogP contribution in [0, 0.1) is 11.3 Å². The van der Waals surface area contributed by atoms with Gasteiger partial charge in [-0.1, -0.05) is 13.8 Å². The van der Waals surface area contributed by atoms with Crippen molar-refractivity contribution in [2.45, 2.75) is 13.8 Å². The van der Waals surface area contributed by atoms with Crippen LogP contribution in [0.3, 0.4) is 0 Å². The zero-order chi connectivity index (χ0) is 8.31. The lowest BCUT2D eigenvalue weighted by molar-refractivity contribution is -0.122. The Morgan fingerprint density at radius 1 is 1.40 bits per heavy atom. The van der Waals surface area contributed by atoms with Crippen molar-refractivity contribution in [3.8, 4) is 0 Å². The minimum Gasteiger partial charge on any atom is -0.344 e. The summed E-state index contributed by atoms with van der Waals surface area (Å²) in [5.41, 5.74) is 0.171. The summed E-state index contributed by atoms with van der Waals surface area (Å²) in [5, 5.41) is 7.29. The highest BCUT2D eigenvalue weighted by molar-refractivity contribution is 6.37. The maximum absolute atomic E-state index is 11.0. The van der Waals surface area contributed by atoms with Crippen molar-refractivity contribution in [1.82, 2.24) is 4.90 Å². The Labute approximate surface area is 61.5 Å². The van der Waals surface area contributed by atoms with Gasteiger partial charge >= 0.3 is 0 Å². The van der Waals surface area contributed by atoms with E-state index in [9.17, 15) is 4.79 Å². The van der Waals surface area contributed by atoms with Crippen molar-refractivity contribution < 1.29 is 4.79 Å². The van der Waals surface area contributed by atoms with Crippen molar-refractivity contribution in [1.29, 1.82) is 5.41 Å². The van der Waals surface area contributed by atoms with E-state index in [4.69, 9.17) is 5.41 Å². The predicted molar refractivity (Wildman–Crippen MR) is 41.3 cm³/mol. The number of carbonyl (C=O) groups is 1. The maximum atomic E-state index is 11.0. The standard InChI is InChI=1S/C7H14N2O/c1-5(2)6(8)7(10)9(3)4/h5,8H,1-4H3. The van der Waals surface area contributed by atoms with Gasteiger partial charge in [0, 0.05) is 20.0 Å². The molecule has 10 heavy (non-hydrogen) atoms. The average Bonchev–Trinajstić information content (AvgIpc) is 1.84. The molecule has 0 rings (SSSR count). The largest absolute Gasteiger partial charge is 0.344 e. The van der Waals surface area contributed by atoms with Gasteiger partial charge in [0.2, 0.25) is 0 Å². The van der Waals surface area contributed by atoms with Gasteiger partial charge in [-0.05, 0) is 0 Å². The van der Waals surface area contributed by atoms with Gasteiger partial charge in [0.15, 0.2) is 0 Å². The topological polar surface area (TPSA) is 44.2 Å². The first-order valence-corrected chi connectivity index (χ1v) is 3.27. The minimum absolute atomic E-state index is 0.0231. The fraction of sp³-hybridized carbons (Fsp3) is 0.714. The van der Waals surface area contributed by atoms with E-state index in [0.29, 0.717) is 0 Å². The third-order valence-electron chi connectivity index (χ3n) is 1.21. The van der Waals surface area contributed by atoms with Crippen molar-refractivity contribution in [3.05, 3.63) is 0 Å². The van der Waals surface area contributed by atoms with Crippen LogP contribution in [0.25, 0.3) is 0 Å². The highest BCUT2D eigenvalue weighted by Crippen LogP contribution is 1.96. The number of carbonyl (C=O) groups excluding carboxylic acids is 1. The highest BCUT2D eigenvalue weighted by Gasteiger charge is 2.13. The summed E-state index contributed by atoms with van der Waals surface area (Å²) in [6, 6.07) is 0. The van der Waals surface area contributed by atoms with Crippen LogP contribution in [0.5, 0.6) is 0 Å². The van der Waals surface area contributed by atoms with Gasteiger partial charge in [0.25, 0.3) is 5.91 Å². The van der Waals surface area contributed by atoms with Crippen LogP contribution in [0.4, 0.5) is 0 Å². The molecule has 0 radical (unpaired) electrons. The Bertz CT molecular complexity index is 132. The second-order valence-corrected chi connectivity index (χ2v) is 2.77. The van der Waals surface area contributed by atoms with E-state index in [1.54, 1.807) is 14.1 Å². The predicted octanol–water partition coefficient (Wildman–Crippen LogP) is 0.750. The number of amides is 1.